The van der Waals surface area contributed by atoms with Crippen LogP contribution in [-0.4, -0.2) is 37.5 Å². The first kappa shape index (κ1) is 11.7. The molecule has 0 aliphatic heterocycles. The lowest BCUT2D eigenvalue weighted by atomic mass is 10.3. The van der Waals surface area contributed by atoms with Crippen LogP contribution in [0.1, 0.15) is 13.0 Å². The predicted molar refractivity (Wildman–Crippen MR) is 52.1 cm³/mol. The zero-order valence-electron chi connectivity index (χ0n) is 8.67. The maximum atomic E-state index is 11.1. The number of aromatic nitrogens is 2. The van der Waals surface area contributed by atoms with E-state index >= 15 is 0 Å². The number of hydrogen-bond acceptors (Lipinski definition) is 5. The molecule has 1 heterocycles. The van der Waals surface area contributed by atoms with Gasteiger partial charge in [0.2, 0.25) is 0 Å². The first-order chi connectivity index (χ1) is 6.86. The second kappa shape index (κ2) is 4.01. The van der Waals surface area contributed by atoms with Crippen LogP contribution in [0, 0.1) is 0 Å². The summed E-state index contributed by atoms with van der Waals surface area (Å²) in [6, 6.07) is -0.634. The monoisotopic (exact) mass is 232 g/mol. The number of carbonyl (C=O) groups is 1. The van der Waals surface area contributed by atoms with Gasteiger partial charge >= 0.3 is 5.97 Å². The Morgan fingerprint density at radius 2 is 2.20 bits per heavy atom. The molecule has 6 nitrogen and oxygen atoms in total. The van der Waals surface area contributed by atoms with E-state index in [9.17, 15) is 13.2 Å². The molecule has 15 heavy (non-hydrogen) atoms. The average Bonchev–Trinajstić information content (AvgIpc) is 2.63. The Morgan fingerprint density at radius 3 is 2.60 bits per heavy atom. The predicted octanol–water partition coefficient (Wildman–Crippen LogP) is 0.0206. The molecule has 0 saturated heterocycles. The summed E-state index contributed by atoms with van der Waals surface area (Å²) in [6.07, 6.45) is 3.59. The quantitative estimate of drug-likeness (QED) is 0.686. The van der Waals surface area contributed by atoms with E-state index in [2.05, 4.69) is 9.84 Å². The molecule has 0 aliphatic carbocycles. The van der Waals surface area contributed by atoms with Crippen molar-refractivity contribution in [1.29, 1.82) is 0 Å². The molecule has 1 rings (SSSR count). The van der Waals surface area contributed by atoms with Crippen LogP contribution in [0.2, 0.25) is 0 Å². The minimum Gasteiger partial charge on any atom is -0.467 e. The van der Waals surface area contributed by atoms with Crippen molar-refractivity contribution >= 4 is 15.8 Å². The normalized spacial score (nSPS) is 13.5. The second-order valence-electron chi connectivity index (χ2n) is 3.13. The van der Waals surface area contributed by atoms with Gasteiger partial charge in [0.15, 0.2) is 9.84 Å². The average molecular weight is 232 g/mol. The summed E-state index contributed by atoms with van der Waals surface area (Å²) in [4.78, 5) is 11.2. The molecule has 0 aromatic carbocycles. The Labute approximate surface area is 87.8 Å². The molecule has 1 atom stereocenters. The van der Waals surface area contributed by atoms with E-state index in [4.69, 9.17) is 0 Å². The number of hydrogen-bond donors (Lipinski definition) is 0. The molecule has 0 bridgehead atoms. The molecular formula is C8H12N2O4S. The number of rotatable bonds is 3. The molecule has 0 amide bonds. The number of esters is 1. The van der Waals surface area contributed by atoms with Crippen LogP contribution in [0.4, 0.5) is 0 Å². The number of methoxy groups -OCH3 is 1. The first-order valence-electron chi connectivity index (χ1n) is 4.18. The smallest absolute Gasteiger partial charge is 0.330 e. The maximum absolute atomic E-state index is 11.1. The largest absolute Gasteiger partial charge is 0.467 e. The number of carbonyl (C=O) groups excluding carboxylic acids is 1. The summed E-state index contributed by atoms with van der Waals surface area (Å²) in [5.41, 5.74) is 0. The first-order valence-corrected chi connectivity index (χ1v) is 6.07. The Bertz CT molecular complexity index is 463. The van der Waals surface area contributed by atoms with E-state index < -0.39 is 21.8 Å². The molecule has 0 unspecified atom stereocenters. The van der Waals surface area contributed by atoms with Crippen LogP contribution in [0.15, 0.2) is 17.3 Å². The highest BCUT2D eigenvalue weighted by atomic mass is 32.2. The third kappa shape index (κ3) is 2.56. The topological polar surface area (TPSA) is 78.3 Å². The minimum absolute atomic E-state index is 0.0817. The van der Waals surface area contributed by atoms with Crippen molar-refractivity contribution in [2.24, 2.45) is 0 Å². The molecular weight excluding hydrogens is 220 g/mol. The van der Waals surface area contributed by atoms with E-state index in [1.54, 1.807) is 6.92 Å². The zero-order chi connectivity index (χ0) is 11.6. The van der Waals surface area contributed by atoms with Gasteiger partial charge in [0, 0.05) is 12.5 Å². The van der Waals surface area contributed by atoms with Crippen molar-refractivity contribution in [2.75, 3.05) is 13.4 Å². The Balaban J connectivity index is 3.00. The van der Waals surface area contributed by atoms with Crippen molar-refractivity contribution in [1.82, 2.24) is 9.78 Å². The lowest BCUT2D eigenvalue weighted by molar-refractivity contribution is -0.144. The molecule has 0 aliphatic rings. The van der Waals surface area contributed by atoms with Gasteiger partial charge in [0.1, 0.15) is 10.9 Å². The van der Waals surface area contributed by atoms with Crippen molar-refractivity contribution in [3.63, 3.8) is 0 Å². The van der Waals surface area contributed by atoms with Gasteiger partial charge in [0.25, 0.3) is 0 Å². The molecule has 0 saturated carbocycles. The molecule has 7 heteroatoms. The molecule has 1 aromatic rings. The summed E-state index contributed by atoms with van der Waals surface area (Å²) >= 11 is 0. The summed E-state index contributed by atoms with van der Waals surface area (Å²) in [7, 11) is -2.02. The summed E-state index contributed by atoms with van der Waals surface area (Å²) < 4.78 is 28.0. The van der Waals surface area contributed by atoms with Gasteiger partial charge in [-0.25, -0.2) is 13.2 Å². The van der Waals surface area contributed by atoms with Crippen molar-refractivity contribution < 1.29 is 17.9 Å². The molecule has 1 aromatic heterocycles. The highest BCUT2D eigenvalue weighted by molar-refractivity contribution is 7.90. The molecule has 0 radical (unpaired) electrons. The van der Waals surface area contributed by atoms with E-state index in [1.165, 1.54) is 24.2 Å². The van der Waals surface area contributed by atoms with Gasteiger partial charge in [-0.1, -0.05) is 0 Å². The van der Waals surface area contributed by atoms with Gasteiger partial charge in [-0.15, -0.1) is 0 Å². The second-order valence-corrected chi connectivity index (χ2v) is 5.14. The van der Waals surface area contributed by atoms with Crippen LogP contribution in [-0.2, 0) is 19.4 Å². The highest BCUT2D eigenvalue weighted by Crippen LogP contribution is 2.11. The van der Waals surface area contributed by atoms with Crippen LogP contribution < -0.4 is 0 Å². The van der Waals surface area contributed by atoms with E-state index in [0.29, 0.717) is 0 Å². The van der Waals surface area contributed by atoms with Crippen LogP contribution in [0.3, 0.4) is 0 Å². The standard InChI is InChI=1S/C8H12N2O4S/c1-6(8(11)14-2)10-5-7(4-9-10)15(3,12)13/h4-6H,1-3H3/t6-/m1/s1. The highest BCUT2D eigenvalue weighted by Gasteiger charge is 2.18. The van der Waals surface area contributed by atoms with Gasteiger partial charge in [-0.2, -0.15) is 5.10 Å². The van der Waals surface area contributed by atoms with Gasteiger partial charge in [0.05, 0.1) is 13.3 Å². The van der Waals surface area contributed by atoms with Crippen LogP contribution in [0.5, 0.6) is 0 Å². The van der Waals surface area contributed by atoms with Crippen molar-refractivity contribution in [3.8, 4) is 0 Å². The lowest BCUT2D eigenvalue weighted by Gasteiger charge is -2.08. The molecule has 84 valence electrons. The molecule has 0 N–H and O–H groups in total. The van der Waals surface area contributed by atoms with E-state index in [-0.39, 0.29) is 4.90 Å². The lowest BCUT2D eigenvalue weighted by Crippen LogP contribution is -2.18. The van der Waals surface area contributed by atoms with Gasteiger partial charge in [-0.3, -0.25) is 4.68 Å². The summed E-state index contributed by atoms with van der Waals surface area (Å²) in [5, 5.41) is 3.79. The van der Waals surface area contributed by atoms with Gasteiger partial charge < -0.3 is 4.74 Å². The van der Waals surface area contributed by atoms with Gasteiger partial charge in [-0.05, 0) is 6.92 Å². The molecule has 0 fully saturated rings. The van der Waals surface area contributed by atoms with E-state index in [0.717, 1.165) is 6.26 Å². The Hall–Kier alpha value is -1.37. The Morgan fingerprint density at radius 1 is 1.60 bits per heavy atom. The number of nitrogens with zero attached hydrogens (tertiary/aromatic N) is 2. The fourth-order valence-electron chi connectivity index (χ4n) is 1.00. The fraction of sp³-hybridized carbons (Fsp3) is 0.500. The Kier molecular flexibility index (Phi) is 3.13. The number of sulfone groups is 1. The van der Waals surface area contributed by atoms with Crippen molar-refractivity contribution in [2.45, 2.75) is 17.9 Å². The summed E-state index contributed by atoms with van der Waals surface area (Å²) in [6.45, 7) is 1.57. The third-order valence-corrected chi connectivity index (χ3v) is 3.01. The van der Waals surface area contributed by atoms with Crippen LogP contribution >= 0.6 is 0 Å². The fourth-order valence-corrected chi connectivity index (χ4v) is 1.54. The molecule has 0 spiro atoms. The summed E-state index contributed by atoms with van der Waals surface area (Å²) in [5.74, 6) is -0.474. The van der Waals surface area contributed by atoms with Crippen LogP contribution in [0.25, 0.3) is 0 Å². The zero-order valence-corrected chi connectivity index (χ0v) is 9.48. The third-order valence-electron chi connectivity index (χ3n) is 1.95. The number of ether oxygens (including phenoxy) is 1. The van der Waals surface area contributed by atoms with Crippen molar-refractivity contribution in [3.05, 3.63) is 12.4 Å². The SMILES string of the molecule is COC(=O)[C@@H](C)n1cc(S(C)(=O)=O)cn1. The maximum Gasteiger partial charge on any atom is 0.330 e. The minimum atomic E-state index is -3.28. The van der Waals surface area contributed by atoms with E-state index in [1.807, 2.05) is 0 Å².